The molecule has 6 nitrogen and oxygen atoms in total. The molecule has 28 heavy (non-hydrogen) atoms. The molecular weight excluding hydrogens is 352 g/mol. The van der Waals surface area contributed by atoms with Gasteiger partial charge in [-0.1, -0.05) is 12.1 Å². The van der Waals surface area contributed by atoms with Crippen LogP contribution < -0.4 is 15.0 Å². The fraction of sp³-hybridized carbons (Fsp3) is 0.182. The van der Waals surface area contributed by atoms with Gasteiger partial charge >= 0.3 is 0 Å². The summed E-state index contributed by atoms with van der Waals surface area (Å²) >= 11 is 0. The van der Waals surface area contributed by atoms with Gasteiger partial charge in [0.1, 0.15) is 23.7 Å². The minimum Gasteiger partial charge on any atom is -0.497 e. The van der Waals surface area contributed by atoms with Crippen LogP contribution in [0.4, 0.5) is 11.4 Å². The van der Waals surface area contributed by atoms with Crippen molar-refractivity contribution in [2.24, 2.45) is 7.05 Å². The molecule has 1 unspecified atom stereocenters. The summed E-state index contributed by atoms with van der Waals surface area (Å²) < 4.78 is 7.09. The largest absolute Gasteiger partial charge is 0.497 e. The average Bonchev–Trinajstić information content (AvgIpc) is 3.02. The van der Waals surface area contributed by atoms with Gasteiger partial charge < -0.3 is 14.6 Å². The van der Waals surface area contributed by atoms with E-state index in [0.29, 0.717) is 11.3 Å². The van der Waals surface area contributed by atoms with Gasteiger partial charge in [0.2, 0.25) is 0 Å². The molecule has 0 radical (unpaired) electrons. The maximum Gasteiger partial charge on any atom is 0.262 e. The van der Waals surface area contributed by atoms with E-state index in [1.807, 2.05) is 73.1 Å². The standard InChI is InChI=1S/C22H20N4O2/c1-14-19(12-16(13-23)25(14)2)21-24-20-7-5-4-6-18(20)22(27)26(21)15-8-10-17(28-3)11-9-15/h4-12,21,24H,1-3H3. The molecule has 1 aliphatic rings. The Morgan fingerprint density at radius 2 is 1.86 bits per heavy atom. The molecule has 4 rings (SSSR count). The number of benzene rings is 2. The number of carbonyl (C=O) groups excluding carboxylic acids is 1. The number of rotatable bonds is 3. The number of anilines is 2. The number of hydrogen-bond donors (Lipinski definition) is 1. The number of carbonyl (C=O) groups is 1. The topological polar surface area (TPSA) is 70.3 Å². The van der Waals surface area contributed by atoms with Gasteiger partial charge in [0.25, 0.3) is 5.91 Å². The van der Waals surface area contributed by atoms with E-state index in [0.717, 1.165) is 28.4 Å². The second kappa shape index (κ2) is 6.78. The first-order valence-electron chi connectivity index (χ1n) is 8.94. The number of hydrogen-bond acceptors (Lipinski definition) is 4. The molecule has 2 aromatic carbocycles. The second-order valence-electron chi connectivity index (χ2n) is 6.71. The van der Waals surface area contributed by atoms with Gasteiger partial charge in [0, 0.05) is 29.7 Å². The zero-order chi connectivity index (χ0) is 19.8. The number of nitrogens with zero attached hydrogens (tertiary/aromatic N) is 3. The van der Waals surface area contributed by atoms with E-state index in [-0.39, 0.29) is 5.91 Å². The Balaban J connectivity index is 1.88. The molecule has 0 saturated carbocycles. The molecule has 140 valence electrons. The van der Waals surface area contributed by atoms with E-state index in [9.17, 15) is 10.1 Å². The highest BCUT2D eigenvalue weighted by Gasteiger charge is 2.35. The Morgan fingerprint density at radius 3 is 2.50 bits per heavy atom. The molecule has 0 bridgehead atoms. The van der Waals surface area contributed by atoms with Crippen molar-refractivity contribution in [2.75, 3.05) is 17.3 Å². The summed E-state index contributed by atoms with van der Waals surface area (Å²) in [6, 6.07) is 18.9. The first-order valence-corrected chi connectivity index (χ1v) is 8.94. The smallest absolute Gasteiger partial charge is 0.262 e. The van der Waals surface area contributed by atoms with Crippen LogP contribution in [0.5, 0.6) is 5.75 Å². The van der Waals surface area contributed by atoms with Crippen molar-refractivity contribution >= 4 is 17.3 Å². The monoisotopic (exact) mass is 372 g/mol. The van der Waals surface area contributed by atoms with Gasteiger partial charge in [-0.15, -0.1) is 0 Å². The summed E-state index contributed by atoms with van der Waals surface area (Å²) in [7, 11) is 3.46. The fourth-order valence-corrected chi connectivity index (χ4v) is 3.59. The van der Waals surface area contributed by atoms with Crippen LogP contribution in [-0.2, 0) is 7.05 Å². The molecule has 3 aromatic rings. The predicted molar refractivity (Wildman–Crippen MR) is 107 cm³/mol. The molecule has 1 N–H and O–H groups in total. The highest BCUT2D eigenvalue weighted by Crippen LogP contribution is 2.38. The molecule has 1 atom stereocenters. The Hall–Kier alpha value is -3.72. The summed E-state index contributed by atoms with van der Waals surface area (Å²) in [4.78, 5) is 15.1. The van der Waals surface area contributed by atoms with Crippen molar-refractivity contribution in [1.82, 2.24) is 4.57 Å². The predicted octanol–water partition coefficient (Wildman–Crippen LogP) is 3.98. The van der Waals surface area contributed by atoms with Gasteiger partial charge in [-0.05, 0) is 49.4 Å². The lowest BCUT2D eigenvalue weighted by Crippen LogP contribution is -2.43. The van der Waals surface area contributed by atoms with Gasteiger partial charge in [0.05, 0.1) is 12.7 Å². The maximum absolute atomic E-state index is 13.4. The third-order valence-electron chi connectivity index (χ3n) is 5.26. The number of ether oxygens (including phenoxy) is 1. The maximum atomic E-state index is 13.4. The molecular formula is C22H20N4O2. The number of para-hydroxylation sites is 1. The van der Waals surface area contributed by atoms with Gasteiger partial charge in [-0.3, -0.25) is 9.69 Å². The highest BCUT2D eigenvalue weighted by molar-refractivity contribution is 6.12. The number of nitrogens with one attached hydrogen (secondary N) is 1. The van der Waals surface area contributed by atoms with Crippen LogP contribution in [0.3, 0.4) is 0 Å². The van der Waals surface area contributed by atoms with Crippen LogP contribution in [0, 0.1) is 18.3 Å². The van der Waals surface area contributed by atoms with Crippen molar-refractivity contribution in [3.8, 4) is 11.8 Å². The molecule has 0 saturated heterocycles. The van der Waals surface area contributed by atoms with E-state index in [2.05, 4.69) is 11.4 Å². The summed E-state index contributed by atoms with van der Waals surface area (Å²) in [6.07, 6.45) is -0.427. The Kier molecular flexibility index (Phi) is 4.28. The summed E-state index contributed by atoms with van der Waals surface area (Å²) in [5.74, 6) is 0.632. The van der Waals surface area contributed by atoms with Crippen LogP contribution in [0.25, 0.3) is 0 Å². The van der Waals surface area contributed by atoms with E-state index in [1.54, 1.807) is 12.0 Å². The zero-order valence-corrected chi connectivity index (χ0v) is 15.9. The quantitative estimate of drug-likeness (QED) is 0.755. The van der Waals surface area contributed by atoms with Crippen molar-refractivity contribution in [3.63, 3.8) is 0 Å². The summed E-state index contributed by atoms with van der Waals surface area (Å²) in [5, 5.41) is 12.9. The Labute approximate surface area is 163 Å². The fourth-order valence-electron chi connectivity index (χ4n) is 3.59. The van der Waals surface area contributed by atoms with E-state index in [1.165, 1.54) is 0 Å². The van der Waals surface area contributed by atoms with Crippen LogP contribution in [0.1, 0.15) is 33.5 Å². The lowest BCUT2D eigenvalue weighted by molar-refractivity contribution is 0.0975. The van der Waals surface area contributed by atoms with Crippen LogP contribution in [0.2, 0.25) is 0 Å². The van der Waals surface area contributed by atoms with Crippen molar-refractivity contribution in [1.29, 1.82) is 5.26 Å². The van der Waals surface area contributed by atoms with Crippen molar-refractivity contribution in [2.45, 2.75) is 13.1 Å². The summed E-state index contributed by atoms with van der Waals surface area (Å²) in [6.45, 7) is 1.95. The highest BCUT2D eigenvalue weighted by atomic mass is 16.5. The minimum atomic E-state index is -0.427. The first-order chi connectivity index (χ1) is 13.5. The van der Waals surface area contributed by atoms with Gasteiger partial charge in [-0.2, -0.15) is 5.26 Å². The molecule has 0 spiro atoms. The SMILES string of the molecule is COc1ccc(N2C(=O)c3ccccc3NC2c2cc(C#N)n(C)c2C)cc1. The zero-order valence-electron chi connectivity index (χ0n) is 15.9. The number of methoxy groups -OCH3 is 1. The Bertz CT molecular complexity index is 1090. The molecule has 0 fully saturated rings. The molecule has 0 aliphatic carbocycles. The minimum absolute atomic E-state index is 0.0914. The lowest BCUT2D eigenvalue weighted by atomic mass is 10.0. The number of amides is 1. The normalized spacial score (nSPS) is 15.6. The Morgan fingerprint density at radius 1 is 1.14 bits per heavy atom. The third-order valence-corrected chi connectivity index (χ3v) is 5.26. The molecule has 1 aromatic heterocycles. The number of aromatic nitrogens is 1. The van der Waals surface area contributed by atoms with Crippen molar-refractivity contribution < 1.29 is 9.53 Å². The van der Waals surface area contributed by atoms with E-state index < -0.39 is 6.17 Å². The van der Waals surface area contributed by atoms with Crippen LogP contribution in [-0.4, -0.2) is 17.6 Å². The lowest BCUT2D eigenvalue weighted by Gasteiger charge is -2.38. The molecule has 1 amide bonds. The molecule has 6 heteroatoms. The first kappa shape index (κ1) is 17.7. The average molecular weight is 372 g/mol. The van der Waals surface area contributed by atoms with Gasteiger partial charge in [-0.25, -0.2) is 0 Å². The third kappa shape index (κ3) is 2.69. The molecule has 1 aliphatic heterocycles. The number of nitriles is 1. The number of fused-ring (bicyclic) bond motifs is 1. The molecule has 2 heterocycles. The van der Waals surface area contributed by atoms with E-state index >= 15 is 0 Å². The van der Waals surface area contributed by atoms with Crippen LogP contribution >= 0.6 is 0 Å². The van der Waals surface area contributed by atoms with E-state index in [4.69, 9.17) is 4.74 Å². The van der Waals surface area contributed by atoms with Crippen LogP contribution in [0.15, 0.2) is 54.6 Å². The second-order valence-corrected chi connectivity index (χ2v) is 6.71. The van der Waals surface area contributed by atoms with Gasteiger partial charge in [0.15, 0.2) is 0 Å². The summed E-state index contributed by atoms with van der Waals surface area (Å²) in [5.41, 5.74) is 4.51. The van der Waals surface area contributed by atoms with Crippen molar-refractivity contribution in [3.05, 3.63) is 77.1 Å².